The first-order valence-electron chi connectivity index (χ1n) is 16.9. The third kappa shape index (κ3) is 26.7. The number of allylic oxidation sites excluding steroid dienone is 4. The molecule has 2 unspecified atom stereocenters. The number of hydrogen-bond donors (Lipinski definition) is 1. The molecule has 1 N–H and O–H groups in total. The predicted molar refractivity (Wildman–Crippen MR) is 173 cm³/mol. The van der Waals surface area contributed by atoms with E-state index in [2.05, 4.69) is 55.3 Å². The molecule has 0 bridgehead atoms. The fraction of sp³-hybridized carbons (Fsp3) is 0.857. The van der Waals surface area contributed by atoms with Gasteiger partial charge in [0.25, 0.3) is 0 Å². The first-order chi connectivity index (χ1) is 19.0. The number of amides is 1. The van der Waals surface area contributed by atoms with Gasteiger partial charge in [-0.1, -0.05) is 116 Å². The Morgan fingerprint density at radius 3 is 1.72 bits per heavy atom. The van der Waals surface area contributed by atoms with Gasteiger partial charge >= 0.3 is 6.09 Å². The van der Waals surface area contributed by atoms with E-state index in [0.717, 1.165) is 38.6 Å². The maximum atomic E-state index is 12.7. The summed E-state index contributed by atoms with van der Waals surface area (Å²) in [6.45, 7) is 8.25. The average molecular weight is 549 g/mol. The maximum Gasteiger partial charge on any atom is 0.407 e. The monoisotopic (exact) mass is 549 g/mol. The van der Waals surface area contributed by atoms with Gasteiger partial charge in [-0.3, -0.25) is 0 Å². The summed E-state index contributed by atoms with van der Waals surface area (Å²) in [6.07, 6.45) is 35.1. The highest BCUT2D eigenvalue weighted by Gasteiger charge is 2.24. The molecule has 0 saturated carbocycles. The van der Waals surface area contributed by atoms with Crippen molar-refractivity contribution in [2.75, 3.05) is 27.2 Å². The molecule has 2 atom stereocenters. The molecule has 0 aliphatic carbocycles. The van der Waals surface area contributed by atoms with Crippen molar-refractivity contribution >= 4 is 6.09 Å². The summed E-state index contributed by atoms with van der Waals surface area (Å²) in [7, 11) is 4.05. The molecule has 0 spiro atoms. The molecule has 4 nitrogen and oxygen atoms in total. The van der Waals surface area contributed by atoms with E-state index in [1.54, 1.807) is 0 Å². The summed E-state index contributed by atoms with van der Waals surface area (Å²) < 4.78 is 6.15. The van der Waals surface area contributed by atoms with Crippen LogP contribution < -0.4 is 5.32 Å². The van der Waals surface area contributed by atoms with E-state index in [9.17, 15) is 4.79 Å². The van der Waals surface area contributed by atoms with Crippen LogP contribution in [-0.4, -0.2) is 44.3 Å². The normalized spacial score (nSPS) is 13.5. The number of likely N-dealkylation sites (N-methyl/N-ethyl adjacent to an activating group) is 1. The highest BCUT2D eigenvalue weighted by Crippen LogP contribution is 2.27. The standard InChI is InChI=1S/C35H68N2O2/c1-6-9-12-15-18-21-23-26-29-33(28-25-22-19-16-13-10-7-2)34(30-27-24-20-17-14-11-8-3)39-35(38)36-31-32-37(4)5/h18,20-21,24,33-34H,6-17,19,22-23,25-32H2,1-5H3,(H,36,38)/b21-18-,24-20-. The van der Waals surface area contributed by atoms with Crippen LogP contribution in [0.2, 0.25) is 0 Å². The molecule has 0 aromatic heterocycles. The van der Waals surface area contributed by atoms with Crippen molar-refractivity contribution in [1.82, 2.24) is 10.2 Å². The lowest BCUT2D eigenvalue weighted by Crippen LogP contribution is -2.36. The van der Waals surface area contributed by atoms with E-state index in [0.29, 0.717) is 12.5 Å². The second-order valence-electron chi connectivity index (χ2n) is 11.8. The lowest BCUT2D eigenvalue weighted by Gasteiger charge is -2.27. The minimum atomic E-state index is -0.242. The van der Waals surface area contributed by atoms with Crippen molar-refractivity contribution in [1.29, 1.82) is 0 Å². The zero-order valence-corrected chi connectivity index (χ0v) is 27.0. The Hall–Kier alpha value is -1.29. The van der Waals surface area contributed by atoms with Crippen LogP contribution in [0.1, 0.15) is 156 Å². The van der Waals surface area contributed by atoms with Gasteiger partial charge in [0.1, 0.15) is 6.10 Å². The van der Waals surface area contributed by atoms with Crippen molar-refractivity contribution in [3.63, 3.8) is 0 Å². The van der Waals surface area contributed by atoms with E-state index in [4.69, 9.17) is 4.74 Å². The molecule has 0 heterocycles. The maximum absolute atomic E-state index is 12.7. The van der Waals surface area contributed by atoms with Gasteiger partial charge in [0.2, 0.25) is 0 Å². The molecule has 0 aromatic carbocycles. The van der Waals surface area contributed by atoms with E-state index >= 15 is 0 Å². The zero-order valence-electron chi connectivity index (χ0n) is 27.0. The van der Waals surface area contributed by atoms with Crippen LogP contribution in [0.4, 0.5) is 4.79 Å². The van der Waals surface area contributed by atoms with Crippen LogP contribution in [0.25, 0.3) is 0 Å². The van der Waals surface area contributed by atoms with Crippen molar-refractivity contribution < 1.29 is 9.53 Å². The largest absolute Gasteiger partial charge is 0.446 e. The molecular weight excluding hydrogens is 480 g/mol. The third-order valence-corrected chi connectivity index (χ3v) is 7.64. The zero-order chi connectivity index (χ0) is 28.8. The minimum absolute atomic E-state index is 0.00160. The van der Waals surface area contributed by atoms with Crippen molar-refractivity contribution in [3.05, 3.63) is 24.3 Å². The molecule has 4 heteroatoms. The topological polar surface area (TPSA) is 41.6 Å². The minimum Gasteiger partial charge on any atom is -0.446 e. The fourth-order valence-corrected chi connectivity index (χ4v) is 5.09. The van der Waals surface area contributed by atoms with Crippen molar-refractivity contribution in [2.45, 2.75) is 162 Å². The molecule has 0 aromatic rings. The number of hydrogen-bond acceptors (Lipinski definition) is 3. The van der Waals surface area contributed by atoms with Gasteiger partial charge in [0.15, 0.2) is 0 Å². The Labute approximate surface area is 244 Å². The molecule has 0 rings (SSSR count). The Kier molecular flexibility index (Phi) is 28.7. The van der Waals surface area contributed by atoms with Gasteiger partial charge in [-0.15, -0.1) is 0 Å². The average Bonchev–Trinajstić information content (AvgIpc) is 2.91. The first kappa shape index (κ1) is 37.7. The van der Waals surface area contributed by atoms with E-state index in [-0.39, 0.29) is 12.2 Å². The number of unbranched alkanes of at least 4 members (excludes halogenated alkanes) is 13. The molecule has 0 saturated heterocycles. The number of alkyl carbamates (subject to hydrolysis) is 1. The van der Waals surface area contributed by atoms with Gasteiger partial charge in [0, 0.05) is 13.1 Å². The van der Waals surface area contributed by atoms with Crippen molar-refractivity contribution in [2.24, 2.45) is 5.92 Å². The molecule has 230 valence electrons. The third-order valence-electron chi connectivity index (χ3n) is 7.64. The van der Waals surface area contributed by atoms with Crippen LogP contribution >= 0.6 is 0 Å². The fourth-order valence-electron chi connectivity index (χ4n) is 5.09. The van der Waals surface area contributed by atoms with Gasteiger partial charge in [-0.25, -0.2) is 4.79 Å². The Bertz CT molecular complexity index is 573. The number of carbonyl (C=O) groups excluding carboxylic acids is 1. The molecule has 0 aliphatic heterocycles. The second-order valence-corrected chi connectivity index (χ2v) is 11.8. The lowest BCUT2D eigenvalue weighted by molar-refractivity contribution is 0.0486. The number of carbonyl (C=O) groups is 1. The number of ether oxygens (including phenoxy) is 1. The Morgan fingerprint density at radius 1 is 0.641 bits per heavy atom. The lowest BCUT2D eigenvalue weighted by atomic mass is 9.87. The SMILES string of the molecule is CCCCC/C=C\CCCC(CCCCCCCCC)C(CC/C=C\CCCCC)OC(=O)NCCN(C)C. The Morgan fingerprint density at radius 2 is 1.13 bits per heavy atom. The highest BCUT2D eigenvalue weighted by molar-refractivity contribution is 5.67. The first-order valence-corrected chi connectivity index (χ1v) is 16.9. The van der Waals surface area contributed by atoms with Gasteiger partial charge in [0.05, 0.1) is 0 Å². The molecule has 0 radical (unpaired) electrons. The van der Waals surface area contributed by atoms with Gasteiger partial charge < -0.3 is 15.0 Å². The van der Waals surface area contributed by atoms with Crippen LogP contribution in [0.5, 0.6) is 0 Å². The molecular formula is C35H68N2O2. The molecule has 0 fully saturated rings. The Balaban J connectivity index is 5.05. The molecule has 39 heavy (non-hydrogen) atoms. The number of rotatable bonds is 28. The summed E-state index contributed by atoms with van der Waals surface area (Å²) in [4.78, 5) is 14.8. The quantitative estimate of drug-likeness (QED) is 0.0781. The van der Waals surface area contributed by atoms with E-state index in [1.807, 2.05) is 14.1 Å². The summed E-state index contributed by atoms with van der Waals surface area (Å²) in [5, 5.41) is 2.99. The van der Waals surface area contributed by atoms with Crippen LogP contribution in [-0.2, 0) is 4.74 Å². The summed E-state index contributed by atoms with van der Waals surface area (Å²) in [5.41, 5.74) is 0. The van der Waals surface area contributed by atoms with Crippen LogP contribution in [0.15, 0.2) is 24.3 Å². The highest BCUT2D eigenvalue weighted by atomic mass is 16.6. The van der Waals surface area contributed by atoms with E-state index in [1.165, 1.54) is 103 Å². The van der Waals surface area contributed by atoms with E-state index < -0.39 is 0 Å². The second kappa shape index (κ2) is 29.7. The predicted octanol–water partition coefficient (Wildman–Crippen LogP) is 10.6. The van der Waals surface area contributed by atoms with Gasteiger partial charge in [-0.05, 0) is 84.2 Å². The van der Waals surface area contributed by atoms with Gasteiger partial charge in [-0.2, -0.15) is 0 Å². The summed E-state index contributed by atoms with van der Waals surface area (Å²) in [5.74, 6) is 0.447. The molecule has 0 aliphatic rings. The smallest absolute Gasteiger partial charge is 0.407 e. The van der Waals surface area contributed by atoms with Crippen molar-refractivity contribution in [3.8, 4) is 0 Å². The summed E-state index contributed by atoms with van der Waals surface area (Å²) >= 11 is 0. The number of nitrogens with zero attached hydrogens (tertiary/aromatic N) is 1. The van der Waals surface area contributed by atoms with Crippen LogP contribution in [0.3, 0.4) is 0 Å². The van der Waals surface area contributed by atoms with Crippen LogP contribution in [0, 0.1) is 5.92 Å². The summed E-state index contributed by atoms with van der Waals surface area (Å²) in [6, 6.07) is 0. The molecule has 1 amide bonds. The number of nitrogens with one attached hydrogen (secondary N) is 1.